The van der Waals surface area contributed by atoms with E-state index in [4.69, 9.17) is 0 Å². The van der Waals surface area contributed by atoms with E-state index >= 15 is 0 Å². The Morgan fingerprint density at radius 1 is 1.27 bits per heavy atom. The SMILES string of the molecule is O=C1C(CBr)(CBr)CCC12CN=C(Br)C2. The molecular weight excluding hydrogens is 390 g/mol. The summed E-state index contributed by atoms with van der Waals surface area (Å²) in [7, 11) is 0. The maximum atomic E-state index is 12.5. The molecule has 1 aliphatic carbocycles. The third kappa shape index (κ3) is 1.78. The molecule has 1 aliphatic heterocycles. The number of aliphatic imine (C=N–C) groups is 1. The summed E-state index contributed by atoms with van der Waals surface area (Å²) in [6.45, 7) is 0.675. The highest BCUT2D eigenvalue weighted by Gasteiger charge is 2.56. The van der Waals surface area contributed by atoms with Gasteiger partial charge in [0.15, 0.2) is 0 Å². The summed E-state index contributed by atoms with van der Waals surface area (Å²) in [5, 5.41) is 1.51. The summed E-state index contributed by atoms with van der Waals surface area (Å²) < 4.78 is 0.954. The largest absolute Gasteiger partial charge is 0.298 e. The number of Topliss-reactive ketones (excluding diaryl/α,β-unsaturated/α-hetero) is 1. The molecule has 0 radical (unpaired) electrons. The van der Waals surface area contributed by atoms with Crippen LogP contribution in [0.1, 0.15) is 19.3 Å². The lowest BCUT2D eigenvalue weighted by Crippen LogP contribution is -2.38. The summed E-state index contributed by atoms with van der Waals surface area (Å²) >= 11 is 10.4. The fourth-order valence-corrected chi connectivity index (χ4v) is 5.17. The lowest BCUT2D eigenvalue weighted by Gasteiger charge is -2.26. The second kappa shape index (κ2) is 4.22. The van der Waals surface area contributed by atoms with Crippen LogP contribution in [0.3, 0.4) is 0 Å². The Morgan fingerprint density at radius 3 is 2.33 bits per heavy atom. The molecule has 1 saturated carbocycles. The predicted octanol–water partition coefficient (Wildman–Crippen LogP) is 3.31. The van der Waals surface area contributed by atoms with E-state index in [9.17, 15) is 4.79 Å². The van der Waals surface area contributed by atoms with Gasteiger partial charge in [-0.25, -0.2) is 0 Å². The van der Waals surface area contributed by atoms with Crippen LogP contribution in [0.25, 0.3) is 0 Å². The average molecular weight is 402 g/mol. The van der Waals surface area contributed by atoms with Crippen LogP contribution in [0.15, 0.2) is 4.99 Å². The lowest BCUT2D eigenvalue weighted by atomic mass is 9.79. The van der Waals surface area contributed by atoms with E-state index in [1.165, 1.54) is 0 Å². The number of hydrogen-bond donors (Lipinski definition) is 0. The Morgan fingerprint density at radius 2 is 1.93 bits per heavy atom. The molecule has 1 atom stereocenters. The molecule has 5 heteroatoms. The van der Waals surface area contributed by atoms with Crippen LogP contribution in [-0.4, -0.2) is 27.6 Å². The van der Waals surface area contributed by atoms with E-state index in [1.54, 1.807) is 0 Å². The molecule has 2 aliphatic rings. The average Bonchev–Trinajstić information content (AvgIpc) is 2.74. The number of ketones is 1. The number of nitrogens with zero attached hydrogens (tertiary/aromatic N) is 1. The van der Waals surface area contributed by atoms with Gasteiger partial charge in [-0.2, -0.15) is 0 Å². The summed E-state index contributed by atoms with van der Waals surface area (Å²) in [6.07, 6.45) is 2.74. The minimum atomic E-state index is -0.201. The molecule has 0 amide bonds. The van der Waals surface area contributed by atoms with E-state index in [-0.39, 0.29) is 10.8 Å². The van der Waals surface area contributed by atoms with Crippen LogP contribution in [0.5, 0.6) is 0 Å². The van der Waals surface area contributed by atoms with Crippen molar-refractivity contribution in [3.63, 3.8) is 0 Å². The van der Waals surface area contributed by atoms with Crippen molar-refractivity contribution in [1.82, 2.24) is 0 Å². The van der Waals surface area contributed by atoms with E-state index in [2.05, 4.69) is 52.8 Å². The van der Waals surface area contributed by atoms with Gasteiger partial charge in [-0.15, -0.1) is 0 Å². The summed E-state index contributed by atoms with van der Waals surface area (Å²) in [5.74, 6) is 0.391. The van der Waals surface area contributed by atoms with Crippen molar-refractivity contribution in [3.05, 3.63) is 0 Å². The van der Waals surface area contributed by atoms with Gasteiger partial charge in [0.2, 0.25) is 0 Å². The molecule has 0 N–H and O–H groups in total. The lowest BCUT2D eigenvalue weighted by molar-refractivity contribution is -0.130. The van der Waals surface area contributed by atoms with Gasteiger partial charge in [-0.1, -0.05) is 31.9 Å². The van der Waals surface area contributed by atoms with Crippen molar-refractivity contribution in [3.8, 4) is 0 Å². The standard InChI is InChI=1S/C10H12Br3NO/c11-4-10(5-12)2-1-9(8(10)15)3-7(13)14-6-9/h1-6H2. The fraction of sp³-hybridized carbons (Fsp3) is 0.800. The third-order valence-corrected chi connectivity index (χ3v) is 6.27. The molecule has 84 valence electrons. The van der Waals surface area contributed by atoms with Gasteiger partial charge in [0, 0.05) is 22.5 Å². The first kappa shape index (κ1) is 12.2. The molecular formula is C10H12Br3NO. The van der Waals surface area contributed by atoms with Gasteiger partial charge >= 0.3 is 0 Å². The Bertz CT molecular complexity index is 325. The Kier molecular flexibility index (Phi) is 3.45. The van der Waals surface area contributed by atoms with Crippen LogP contribution < -0.4 is 0 Å². The van der Waals surface area contributed by atoms with Gasteiger partial charge < -0.3 is 0 Å². The maximum absolute atomic E-state index is 12.5. The van der Waals surface area contributed by atoms with E-state index < -0.39 is 0 Å². The zero-order chi connectivity index (χ0) is 11.1. The fourth-order valence-electron chi connectivity index (χ4n) is 2.51. The minimum Gasteiger partial charge on any atom is -0.298 e. The van der Waals surface area contributed by atoms with Crippen molar-refractivity contribution in [2.24, 2.45) is 15.8 Å². The molecule has 0 aromatic rings. The highest BCUT2D eigenvalue weighted by Crippen LogP contribution is 2.52. The maximum Gasteiger partial charge on any atom is 0.149 e. The molecule has 0 saturated heterocycles. The molecule has 0 aromatic carbocycles. The van der Waals surface area contributed by atoms with Gasteiger partial charge in [0.05, 0.1) is 16.6 Å². The number of hydrogen-bond acceptors (Lipinski definition) is 2. The predicted molar refractivity (Wildman–Crippen MR) is 72.5 cm³/mol. The van der Waals surface area contributed by atoms with Crippen molar-refractivity contribution >= 4 is 58.2 Å². The molecule has 15 heavy (non-hydrogen) atoms. The minimum absolute atomic E-state index is 0.194. The number of rotatable bonds is 2. The Labute approximate surface area is 115 Å². The van der Waals surface area contributed by atoms with Crippen LogP contribution in [-0.2, 0) is 4.79 Å². The zero-order valence-corrected chi connectivity index (χ0v) is 13.0. The van der Waals surface area contributed by atoms with E-state index in [0.717, 1.165) is 34.5 Å². The van der Waals surface area contributed by atoms with Gasteiger partial charge in [-0.05, 0) is 28.8 Å². The molecule has 2 rings (SSSR count). The highest BCUT2D eigenvalue weighted by atomic mass is 79.9. The van der Waals surface area contributed by atoms with Gasteiger partial charge in [0.25, 0.3) is 0 Å². The summed E-state index contributed by atoms with van der Waals surface area (Å²) in [6, 6.07) is 0. The molecule has 0 aromatic heterocycles. The first-order valence-electron chi connectivity index (χ1n) is 4.94. The Balaban J connectivity index is 2.25. The number of carbonyl (C=O) groups excluding carboxylic acids is 1. The van der Waals surface area contributed by atoms with E-state index in [0.29, 0.717) is 12.3 Å². The van der Waals surface area contributed by atoms with Gasteiger partial charge in [-0.3, -0.25) is 9.79 Å². The quantitative estimate of drug-likeness (QED) is 0.653. The first-order chi connectivity index (χ1) is 7.08. The number of carbonyl (C=O) groups is 1. The highest BCUT2D eigenvalue weighted by molar-refractivity contribution is 9.18. The smallest absolute Gasteiger partial charge is 0.149 e. The van der Waals surface area contributed by atoms with Crippen LogP contribution >= 0.6 is 47.8 Å². The van der Waals surface area contributed by atoms with Crippen molar-refractivity contribution in [2.45, 2.75) is 19.3 Å². The third-order valence-electron chi connectivity index (χ3n) is 3.59. The van der Waals surface area contributed by atoms with Crippen molar-refractivity contribution in [1.29, 1.82) is 0 Å². The summed E-state index contributed by atoms with van der Waals surface area (Å²) in [4.78, 5) is 16.8. The molecule has 1 spiro atoms. The second-order valence-electron chi connectivity index (χ2n) is 4.53. The number of halogens is 3. The molecule has 0 bridgehead atoms. The van der Waals surface area contributed by atoms with Gasteiger partial charge in [0.1, 0.15) is 5.78 Å². The monoisotopic (exact) mass is 399 g/mol. The Hall–Kier alpha value is 0.780. The molecule has 2 nitrogen and oxygen atoms in total. The summed E-state index contributed by atoms with van der Waals surface area (Å²) in [5.41, 5.74) is -0.395. The van der Waals surface area contributed by atoms with Crippen molar-refractivity contribution < 1.29 is 4.79 Å². The first-order valence-corrected chi connectivity index (χ1v) is 7.98. The number of alkyl halides is 2. The zero-order valence-electron chi connectivity index (χ0n) is 8.23. The topological polar surface area (TPSA) is 29.4 Å². The van der Waals surface area contributed by atoms with Crippen LogP contribution in [0.2, 0.25) is 0 Å². The molecule has 1 fully saturated rings. The molecule has 1 heterocycles. The van der Waals surface area contributed by atoms with Crippen LogP contribution in [0, 0.1) is 10.8 Å². The van der Waals surface area contributed by atoms with Crippen LogP contribution in [0.4, 0.5) is 0 Å². The molecule has 1 unspecified atom stereocenters. The van der Waals surface area contributed by atoms with Crippen molar-refractivity contribution in [2.75, 3.05) is 17.2 Å². The normalized spacial score (nSPS) is 33.8. The second-order valence-corrected chi connectivity index (χ2v) is 6.56. The van der Waals surface area contributed by atoms with E-state index in [1.807, 2.05) is 0 Å².